The number of aromatic nitrogens is 2. The third kappa shape index (κ3) is 4.06. The van der Waals surface area contributed by atoms with Crippen molar-refractivity contribution in [1.29, 1.82) is 0 Å². The van der Waals surface area contributed by atoms with Gasteiger partial charge in [0.25, 0.3) is 5.56 Å². The van der Waals surface area contributed by atoms with E-state index in [1.54, 1.807) is 11.7 Å². The minimum absolute atomic E-state index is 0.0428. The molecule has 0 N–H and O–H groups in total. The molecule has 3 rings (SSSR count). The summed E-state index contributed by atoms with van der Waals surface area (Å²) >= 11 is 7.08. The molecule has 0 bridgehead atoms. The number of para-hydroxylation sites is 1. The molecule has 0 aliphatic heterocycles. The van der Waals surface area contributed by atoms with Crippen molar-refractivity contribution in [2.45, 2.75) is 11.7 Å². The van der Waals surface area contributed by atoms with Crippen molar-refractivity contribution in [3.05, 3.63) is 76.1 Å². The topological polar surface area (TPSA) is 44.1 Å². The standard InChI is InChI=1S/C19H17ClN2O2S/c1-24-15-9-7-14(8-10-15)13-22-18(23)16-5-2-3-6-17(16)21-19(22)25-12-4-11-20/h2-11H,12-13H2,1H3/b11-4+. The molecule has 1 aromatic heterocycles. The molecule has 0 aliphatic rings. The summed E-state index contributed by atoms with van der Waals surface area (Å²) in [5, 5.41) is 1.29. The summed E-state index contributed by atoms with van der Waals surface area (Å²) in [4.78, 5) is 17.6. The number of benzene rings is 2. The van der Waals surface area contributed by atoms with E-state index in [4.69, 9.17) is 16.3 Å². The number of ether oxygens (including phenoxy) is 1. The van der Waals surface area contributed by atoms with Gasteiger partial charge in [-0.05, 0) is 29.8 Å². The second-order valence-corrected chi connectivity index (χ2v) is 6.56. The average Bonchev–Trinajstić information content (AvgIpc) is 2.65. The van der Waals surface area contributed by atoms with Gasteiger partial charge in [-0.1, -0.05) is 53.7 Å². The lowest BCUT2D eigenvalue weighted by atomic mass is 10.2. The smallest absolute Gasteiger partial charge is 0.262 e. The summed E-state index contributed by atoms with van der Waals surface area (Å²) in [6.07, 6.45) is 1.82. The van der Waals surface area contributed by atoms with Gasteiger partial charge in [0.1, 0.15) is 5.75 Å². The van der Waals surface area contributed by atoms with Crippen LogP contribution in [0.3, 0.4) is 0 Å². The molecule has 3 aromatic rings. The van der Waals surface area contributed by atoms with Gasteiger partial charge in [-0.25, -0.2) is 4.98 Å². The van der Waals surface area contributed by atoms with Crippen molar-refractivity contribution in [2.24, 2.45) is 0 Å². The lowest BCUT2D eigenvalue weighted by Gasteiger charge is -2.13. The summed E-state index contributed by atoms with van der Waals surface area (Å²) < 4.78 is 6.89. The van der Waals surface area contributed by atoms with E-state index in [9.17, 15) is 4.79 Å². The molecule has 2 aromatic carbocycles. The van der Waals surface area contributed by atoms with E-state index in [2.05, 4.69) is 4.98 Å². The fourth-order valence-electron chi connectivity index (χ4n) is 2.47. The first-order valence-corrected chi connectivity index (χ1v) is 9.15. The van der Waals surface area contributed by atoms with E-state index < -0.39 is 0 Å². The summed E-state index contributed by atoms with van der Waals surface area (Å²) in [5.74, 6) is 1.44. The minimum Gasteiger partial charge on any atom is -0.497 e. The van der Waals surface area contributed by atoms with Crippen LogP contribution in [-0.2, 0) is 6.54 Å². The summed E-state index contributed by atoms with van der Waals surface area (Å²) in [5.41, 5.74) is 3.14. The molecular formula is C19H17ClN2O2S. The Bertz CT molecular complexity index is 952. The fourth-order valence-corrected chi connectivity index (χ4v) is 3.47. The number of hydrogen-bond acceptors (Lipinski definition) is 4. The zero-order valence-electron chi connectivity index (χ0n) is 13.7. The van der Waals surface area contributed by atoms with Crippen LogP contribution >= 0.6 is 23.4 Å². The van der Waals surface area contributed by atoms with Crippen LogP contribution in [0, 0.1) is 0 Å². The normalized spacial score (nSPS) is 11.3. The van der Waals surface area contributed by atoms with E-state index in [-0.39, 0.29) is 5.56 Å². The number of fused-ring (bicyclic) bond motifs is 1. The van der Waals surface area contributed by atoms with Gasteiger partial charge >= 0.3 is 0 Å². The Kier molecular flexibility index (Phi) is 5.79. The van der Waals surface area contributed by atoms with E-state index in [1.165, 1.54) is 17.3 Å². The highest BCUT2D eigenvalue weighted by Gasteiger charge is 2.11. The average molecular weight is 373 g/mol. The van der Waals surface area contributed by atoms with Gasteiger partial charge < -0.3 is 4.74 Å². The second kappa shape index (κ2) is 8.23. The Morgan fingerprint density at radius 1 is 1.20 bits per heavy atom. The molecule has 25 heavy (non-hydrogen) atoms. The Hall–Kier alpha value is -2.24. The Labute approximate surface area is 155 Å². The number of rotatable bonds is 6. The van der Waals surface area contributed by atoms with Crippen LogP contribution in [0.2, 0.25) is 0 Å². The van der Waals surface area contributed by atoms with Gasteiger partial charge in [0, 0.05) is 11.3 Å². The molecule has 0 radical (unpaired) electrons. The largest absolute Gasteiger partial charge is 0.497 e. The van der Waals surface area contributed by atoms with Gasteiger partial charge in [0.2, 0.25) is 0 Å². The highest BCUT2D eigenvalue weighted by atomic mass is 35.5. The molecule has 0 saturated heterocycles. The minimum atomic E-state index is -0.0428. The molecule has 4 nitrogen and oxygen atoms in total. The van der Waals surface area contributed by atoms with E-state index in [0.29, 0.717) is 28.4 Å². The Balaban J connectivity index is 2.04. The molecular weight excluding hydrogens is 356 g/mol. The Morgan fingerprint density at radius 3 is 2.68 bits per heavy atom. The van der Waals surface area contributed by atoms with Crippen molar-refractivity contribution < 1.29 is 4.74 Å². The lowest BCUT2D eigenvalue weighted by molar-refractivity contribution is 0.414. The van der Waals surface area contributed by atoms with Gasteiger partial charge in [-0.3, -0.25) is 9.36 Å². The Morgan fingerprint density at radius 2 is 1.96 bits per heavy atom. The predicted octanol–water partition coefficient (Wildman–Crippen LogP) is 4.30. The first-order chi connectivity index (χ1) is 12.2. The van der Waals surface area contributed by atoms with Gasteiger partial charge in [0.15, 0.2) is 5.16 Å². The van der Waals surface area contributed by atoms with Gasteiger partial charge in [-0.2, -0.15) is 0 Å². The molecule has 0 atom stereocenters. The van der Waals surface area contributed by atoms with Crippen LogP contribution in [0.15, 0.2) is 70.1 Å². The second-order valence-electron chi connectivity index (χ2n) is 5.32. The highest BCUT2D eigenvalue weighted by Crippen LogP contribution is 2.20. The van der Waals surface area contributed by atoms with Gasteiger partial charge in [0.05, 0.1) is 24.6 Å². The van der Waals surface area contributed by atoms with Crippen molar-refractivity contribution >= 4 is 34.3 Å². The summed E-state index contributed by atoms with van der Waals surface area (Å²) in [6.45, 7) is 0.452. The number of nitrogens with zero attached hydrogens (tertiary/aromatic N) is 2. The van der Waals surface area contributed by atoms with Gasteiger partial charge in [-0.15, -0.1) is 0 Å². The molecule has 128 valence electrons. The van der Waals surface area contributed by atoms with Crippen LogP contribution in [0.4, 0.5) is 0 Å². The molecule has 1 heterocycles. The molecule has 6 heteroatoms. The molecule has 0 fully saturated rings. The summed E-state index contributed by atoms with van der Waals surface area (Å²) in [6, 6.07) is 15.1. The number of methoxy groups -OCH3 is 1. The lowest BCUT2D eigenvalue weighted by Crippen LogP contribution is -2.24. The van der Waals surface area contributed by atoms with Crippen LogP contribution in [0.25, 0.3) is 10.9 Å². The van der Waals surface area contributed by atoms with E-state index in [1.807, 2.05) is 54.6 Å². The predicted molar refractivity (Wildman–Crippen MR) is 104 cm³/mol. The van der Waals surface area contributed by atoms with Crippen molar-refractivity contribution in [3.8, 4) is 5.75 Å². The van der Waals surface area contributed by atoms with Crippen molar-refractivity contribution in [3.63, 3.8) is 0 Å². The number of hydrogen-bond donors (Lipinski definition) is 0. The number of halogens is 1. The maximum Gasteiger partial charge on any atom is 0.262 e. The molecule has 0 saturated carbocycles. The first kappa shape index (κ1) is 17.6. The molecule has 0 amide bonds. The third-order valence-electron chi connectivity index (χ3n) is 3.72. The fraction of sp³-hybridized carbons (Fsp3) is 0.158. The maximum absolute atomic E-state index is 13.0. The van der Waals surface area contributed by atoms with E-state index in [0.717, 1.165) is 11.3 Å². The quantitative estimate of drug-likeness (QED) is 0.478. The van der Waals surface area contributed by atoms with Crippen molar-refractivity contribution in [1.82, 2.24) is 9.55 Å². The molecule has 0 aliphatic carbocycles. The van der Waals surface area contributed by atoms with Crippen molar-refractivity contribution in [2.75, 3.05) is 12.9 Å². The van der Waals surface area contributed by atoms with E-state index >= 15 is 0 Å². The zero-order valence-corrected chi connectivity index (χ0v) is 15.3. The summed E-state index contributed by atoms with van der Waals surface area (Å²) in [7, 11) is 1.63. The number of thioether (sulfide) groups is 1. The van der Waals surface area contributed by atoms with Crippen LogP contribution in [0.1, 0.15) is 5.56 Å². The SMILES string of the molecule is COc1ccc(Cn2c(SC/C=C/Cl)nc3ccccc3c2=O)cc1. The maximum atomic E-state index is 13.0. The monoisotopic (exact) mass is 372 g/mol. The zero-order chi connectivity index (χ0) is 17.6. The molecule has 0 unspecified atom stereocenters. The van der Waals surface area contributed by atoms with Crippen LogP contribution in [0.5, 0.6) is 5.75 Å². The van der Waals surface area contributed by atoms with Crippen LogP contribution < -0.4 is 10.3 Å². The third-order valence-corrected chi connectivity index (χ3v) is 4.83. The first-order valence-electron chi connectivity index (χ1n) is 7.73. The highest BCUT2D eigenvalue weighted by molar-refractivity contribution is 7.99. The molecule has 0 spiro atoms. The van der Waals surface area contributed by atoms with Crippen LogP contribution in [-0.4, -0.2) is 22.4 Å².